The van der Waals surface area contributed by atoms with E-state index in [0.717, 1.165) is 32.0 Å². The van der Waals surface area contributed by atoms with Gasteiger partial charge in [-0.15, -0.1) is 0 Å². The number of nitrogens with zero attached hydrogens (tertiary/aromatic N) is 2. The average molecular weight is 290 g/mol. The third kappa shape index (κ3) is 2.64. The van der Waals surface area contributed by atoms with Crippen molar-refractivity contribution in [2.75, 3.05) is 18.4 Å². The summed E-state index contributed by atoms with van der Waals surface area (Å²) < 4.78 is 13.9. The summed E-state index contributed by atoms with van der Waals surface area (Å²) in [6.07, 6.45) is 3.28. The highest BCUT2D eigenvalue weighted by molar-refractivity contribution is 5.99. The summed E-state index contributed by atoms with van der Waals surface area (Å²) in [6.45, 7) is 1.78. The number of benzene rings is 1. The highest BCUT2D eigenvalue weighted by atomic mass is 19.1. The first-order valence-corrected chi connectivity index (χ1v) is 6.85. The molecule has 1 fully saturated rings. The number of nitro groups is 1. The second kappa shape index (κ2) is 5.61. The largest absolute Gasteiger partial charge is 0.367 e. The van der Waals surface area contributed by atoms with E-state index in [1.807, 2.05) is 0 Å². The molecule has 0 aliphatic carbocycles. The van der Waals surface area contributed by atoms with E-state index in [0.29, 0.717) is 5.82 Å². The van der Waals surface area contributed by atoms with Crippen LogP contribution in [0.25, 0.3) is 10.8 Å². The Morgan fingerprint density at radius 1 is 1.33 bits per heavy atom. The van der Waals surface area contributed by atoms with Gasteiger partial charge in [0.1, 0.15) is 17.0 Å². The number of anilines is 1. The predicted molar refractivity (Wildman–Crippen MR) is 77.9 cm³/mol. The van der Waals surface area contributed by atoms with Gasteiger partial charge in [0, 0.05) is 23.7 Å². The van der Waals surface area contributed by atoms with Crippen LogP contribution in [0.4, 0.5) is 15.9 Å². The van der Waals surface area contributed by atoms with Crippen LogP contribution < -0.4 is 10.6 Å². The highest BCUT2D eigenvalue weighted by Gasteiger charge is 2.21. The van der Waals surface area contributed by atoms with Gasteiger partial charge in [-0.2, -0.15) is 0 Å². The number of fused-ring (bicyclic) bond motifs is 1. The molecular weight excluding hydrogens is 275 g/mol. The number of hydrogen-bond donors (Lipinski definition) is 2. The van der Waals surface area contributed by atoms with Crippen LogP contribution in [0.5, 0.6) is 0 Å². The van der Waals surface area contributed by atoms with Crippen LogP contribution in [0.2, 0.25) is 0 Å². The quantitative estimate of drug-likeness (QED) is 0.670. The molecular formula is C14H15FN4O2. The molecule has 2 heterocycles. The fourth-order valence-corrected chi connectivity index (χ4v) is 2.67. The predicted octanol–water partition coefficient (Wildman–Crippen LogP) is 2.45. The summed E-state index contributed by atoms with van der Waals surface area (Å²) in [5, 5.41) is 18.1. The zero-order valence-corrected chi connectivity index (χ0v) is 11.3. The van der Waals surface area contributed by atoms with Gasteiger partial charge in [0.05, 0.1) is 4.92 Å². The van der Waals surface area contributed by atoms with Gasteiger partial charge in [-0.3, -0.25) is 10.1 Å². The summed E-state index contributed by atoms with van der Waals surface area (Å²) in [5.74, 6) is -0.100. The number of pyridine rings is 1. The van der Waals surface area contributed by atoms with Gasteiger partial charge in [-0.25, -0.2) is 9.37 Å². The van der Waals surface area contributed by atoms with Crippen molar-refractivity contribution in [1.29, 1.82) is 0 Å². The molecule has 2 N–H and O–H groups in total. The Hall–Kier alpha value is -2.28. The number of hydrogen-bond acceptors (Lipinski definition) is 5. The minimum atomic E-state index is -0.503. The van der Waals surface area contributed by atoms with Crippen LogP contribution in [0.15, 0.2) is 24.4 Å². The molecule has 0 radical (unpaired) electrons. The van der Waals surface area contributed by atoms with E-state index in [1.165, 1.54) is 18.3 Å². The number of nitro benzene ring substituents is 1. The maximum Gasteiger partial charge on any atom is 0.281 e. The number of piperidine rings is 1. The van der Waals surface area contributed by atoms with Crippen LogP contribution in [0, 0.1) is 15.9 Å². The molecule has 1 aromatic carbocycles. The Balaban J connectivity index is 2.08. The molecule has 0 amide bonds. The van der Waals surface area contributed by atoms with Crippen molar-refractivity contribution in [2.45, 2.75) is 18.9 Å². The van der Waals surface area contributed by atoms with E-state index in [-0.39, 0.29) is 22.5 Å². The lowest BCUT2D eigenvalue weighted by atomic mass is 10.1. The highest BCUT2D eigenvalue weighted by Crippen LogP contribution is 2.33. The maximum absolute atomic E-state index is 13.9. The lowest BCUT2D eigenvalue weighted by Gasteiger charge is -2.24. The van der Waals surface area contributed by atoms with Gasteiger partial charge < -0.3 is 10.6 Å². The molecule has 6 nitrogen and oxygen atoms in total. The maximum atomic E-state index is 13.9. The lowest BCUT2D eigenvalue weighted by molar-refractivity contribution is -0.383. The molecule has 1 saturated heterocycles. The van der Waals surface area contributed by atoms with E-state index in [2.05, 4.69) is 15.6 Å². The molecule has 1 aliphatic rings. The second-order valence-electron chi connectivity index (χ2n) is 5.07. The van der Waals surface area contributed by atoms with Crippen LogP contribution in [-0.2, 0) is 0 Å². The summed E-state index contributed by atoms with van der Waals surface area (Å²) in [7, 11) is 0. The number of aromatic nitrogens is 1. The Bertz CT molecular complexity index is 686. The van der Waals surface area contributed by atoms with Crippen LogP contribution in [0.3, 0.4) is 0 Å². The minimum absolute atomic E-state index is 0.129. The van der Waals surface area contributed by atoms with E-state index in [1.54, 1.807) is 0 Å². The molecule has 0 atom stereocenters. The van der Waals surface area contributed by atoms with Crippen molar-refractivity contribution in [3.63, 3.8) is 0 Å². The van der Waals surface area contributed by atoms with E-state index in [9.17, 15) is 14.5 Å². The van der Waals surface area contributed by atoms with Gasteiger partial charge in [-0.05, 0) is 38.1 Å². The first-order valence-electron chi connectivity index (χ1n) is 6.85. The number of nitrogens with one attached hydrogen (secondary N) is 2. The van der Waals surface area contributed by atoms with Crippen molar-refractivity contribution >= 4 is 22.3 Å². The smallest absolute Gasteiger partial charge is 0.281 e. The molecule has 0 unspecified atom stereocenters. The first-order chi connectivity index (χ1) is 10.2. The molecule has 0 spiro atoms. The van der Waals surface area contributed by atoms with Crippen molar-refractivity contribution in [2.24, 2.45) is 0 Å². The van der Waals surface area contributed by atoms with E-state index >= 15 is 0 Å². The SMILES string of the molecule is O=[N+]([O-])c1ccc(F)c2ccnc(NC3CCNCC3)c12. The fraction of sp³-hybridized carbons (Fsp3) is 0.357. The van der Waals surface area contributed by atoms with Crippen molar-refractivity contribution in [3.05, 3.63) is 40.3 Å². The normalized spacial score (nSPS) is 16.0. The molecule has 1 aliphatic heterocycles. The van der Waals surface area contributed by atoms with Gasteiger partial charge in [0.15, 0.2) is 0 Å². The average Bonchev–Trinajstić information content (AvgIpc) is 2.49. The minimum Gasteiger partial charge on any atom is -0.367 e. The van der Waals surface area contributed by atoms with E-state index < -0.39 is 10.7 Å². The van der Waals surface area contributed by atoms with Crippen molar-refractivity contribution in [3.8, 4) is 0 Å². The molecule has 3 rings (SSSR count). The number of rotatable bonds is 3. The van der Waals surface area contributed by atoms with Gasteiger partial charge in [-0.1, -0.05) is 0 Å². The first kappa shape index (κ1) is 13.7. The van der Waals surface area contributed by atoms with Crippen molar-refractivity contribution < 1.29 is 9.31 Å². The van der Waals surface area contributed by atoms with E-state index in [4.69, 9.17) is 0 Å². The molecule has 2 aromatic rings. The summed E-state index contributed by atoms with van der Waals surface area (Å²) in [6, 6.07) is 3.96. The van der Waals surface area contributed by atoms with Crippen LogP contribution in [0.1, 0.15) is 12.8 Å². The molecule has 0 saturated carbocycles. The molecule has 1 aromatic heterocycles. The van der Waals surface area contributed by atoms with Crippen LogP contribution in [-0.4, -0.2) is 29.0 Å². The summed E-state index contributed by atoms with van der Waals surface area (Å²) in [5.41, 5.74) is -0.129. The van der Waals surface area contributed by atoms with Gasteiger partial charge >= 0.3 is 0 Å². The Morgan fingerprint density at radius 3 is 2.81 bits per heavy atom. The number of halogens is 1. The zero-order valence-electron chi connectivity index (χ0n) is 11.3. The monoisotopic (exact) mass is 290 g/mol. The topological polar surface area (TPSA) is 80.1 Å². The Labute approximate surface area is 120 Å². The van der Waals surface area contributed by atoms with Crippen molar-refractivity contribution in [1.82, 2.24) is 10.3 Å². The fourth-order valence-electron chi connectivity index (χ4n) is 2.67. The van der Waals surface area contributed by atoms with Gasteiger partial charge in [0.25, 0.3) is 5.69 Å². The molecule has 21 heavy (non-hydrogen) atoms. The standard InChI is InChI=1S/C14H15FN4O2/c15-11-1-2-12(19(20)21)13-10(11)5-8-17-14(13)18-9-3-6-16-7-4-9/h1-2,5,8-9,16H,3-4,6-7H2,(H,17,18). The molecule has 0 bridgehead atoms. The summed E-state index contributed by atoms with van der Waals surface area (Å²) in [4.78, 5) is 14.9. The third-order valence-electron chi connectivity index (χ3n) is 3.73. The zero-order chi connectivity index (χ0) is 14.8. The number of non-ortho nitro benzene ring substituents is 1. The Morgan fingerprint density at radius 2 is 2.10 bits per heavy atom. The third-order valence-corrected chi connectivity index (χ3v) is 3.73. The summed E-state index contributed by atoms with van der Waals surface area (Å²) >= 11 is 0. The molecule has 7 heteroatoms. The second-order valence-corrected chi connectivity index (χ2v) is 5.07. The Kier molecular flexibility index (Phi) is 3.66. The molecule has 110 valence electrons. The van der Waals surface area contributed by atoms with Gasteiger partial charge in [0.2, 0.25) is 0 Å². The van der Waals surface area contributed by atoms with Crippen LogP contribution >= 0.6 is 0 Å². The lowest BCUT2D eigenvalue weighted by Crippen LogP contribution is -2.35.